The van der Waals surface area contributed by atoms with E-state index >= 15 is 0 Å². The fourth-order valence-corrected chi connectivity index (χ4v) is 4.41. The van der Waals surface area contributed by atoms with Crippen LogP contribution >= 0.6 is 0 Å². The topological polar surface area (TPSA) is 249 Å². The molecule has 0 radical (unpaired) electrons. The summed E-state index contributed by atoms with van der Waals surface area (Å²) in [4.78, 5) is 13.6. The van der Waals surface area contributed by atoms with Gasteiger partial charge in [-0.05, 0) is 18.2 Å². The van der Waals surface area contributed by atoms with Crippen LogP contribution in [0.15, 0.2) is 39.5 Å². The van der Waals surface area contributed by atoms with Crippen LogP contribution < -0.4 is 10.2 Å². The molecule has 2 aliphatic heterocycles. The maximum Gasteiger partial charge on any atom is 0.239 e. The number of phenols is 4. The van der Waals surface area contributed by atoms with Crippen LogP contribution in [0.1, 0.15) is 0 Å². The van der Waals surface area contributed by atoms with E-state index in [2.05, 4.69) is 0 Å². The minimum atomic E-state index is -1.78. The molecule has 2 fully saturated rings. The summed E-state index contributed by atoms with van der Waals surface area (Å²) in [5, 5.41) is 90.4. The lowest BCUT2D eigenvalue weighted by Gasteiger charge is -2.42. The van der Waals surface area contributed by atoms with Gasteiger partial charge in [-0.25, -0.2) is 0 Å². The van der Waals surface area contributed by atoms with Gasteiger partial charge >= 0.3 is 0 Å². The molecule has 0 saturated carbocycles. The lowest BCUT2D eigenvalue weighted by atomic mass is 10.0. The number of hydrogen-bond donors (Lipinski definition) is 9. The molecule has 8 unspecified atom stereocenters. The molecule has 15 nitrogen and oxygen atoms in total. The summed E-state index contributed by atoms with van der Waals surface area (Å²) >= 11 is 0. The van der Waals surface area contributed by atoms with E-state index < -0.39 is 102 Å². The smallest absolute Gasteiger partial charge is 0.239 e. The first-order valence-corrected chi connectivity index (χ1v) is 12.0. The van der Waals surface area contributed by atoms with Crippen molar-refractivity contribution >= 4 is 11.0 Å². The average Bonchev–Trinajstić information content (AvgIpc) is 2.90. The van der Waals surface area contributed by atoms with E-state index in [0.29, 0.717) is 0 Å². The average molecular weight is 566 g/mol. The van der Waals surface area contributed by atoms with Crippen LogP contribution in [0.3, 0.4) is 0 Å². The van der Waals surface area contributed by atoms with Gasteiger partial charge in [-0.3, -0.25) is 4.79 Å². The van der Waals surface area contributed by atoms with Crippen LogP contribution in [0.25, 0.3) is 22.3 Å². The Labute approximate surface area is 223 Å². The standard InChI is InChI=1S/C25H26O15/c26-9-4-12(29)16-15(5-9)38-21(8-1-2-10(27)11(28)3-8)22(19(16)34)39-25-23(18(33)14(31)7-37-25)40-24-20(35)17(32)13(30)6-36-24/h1-5,13-14,17-18,20,23-33,35H,6-7H2. The highest BCUT2D eigenvalue weighted by Crippen LogP contribution is 2.39. The Morgan fingerprint density at radius 1 is 0.750 bits per heavy atom. The number of aliphatic hydroxyl groups excluding tert-OH is 5. The Hall–Kier alpha value is -3.67. The van der Waals surface area contributed by atoms with E-state index in [-0.39, 0.29) is 16.9 Å². The third-order valence-electron chi connectivity index (χ3n) is 6.57. The molecule has 2 aliphatic rings. The van der Waals surface area contributed by atoms with Crippen LogP contribution in [-0.4, -0.2) is 108 Å². The van der Waals surface area contributed by atoms with Gasteiger partial charge in [0, 0.05) is 17.7 Å². The molecule has 2 saturated heterocycles. The van der Waals surface area contributed by atoms with Crippen molar-refractivity contribution in [3.05, 3.63) is 40.6 Å². The molecule has 0 aliphatic carbocycles. The fourth-order valence-electron chi connectivity index (χ4n) is 4.41. The predicted octanol–water partition coefficient (Wildman–Crippen LogP) is -1.44. The summed E-state index contributed by atoms with van der Waals surface area (Å²) < 4.78 is 27.8. The largest absolute Gasteiger partial charge is 0.508 e. The molecule has 8 atom stereocenters. The Morgan fingerprint density at radius 3 is 2.12 bits per heavy atom. The second kappa shape index (κ2) is 10.7. The van der Waals surface area contributed by atoms with Crippen LogP contribution in [0.5, 0.6) is 28.7 Å². The second-order valence-electron chi connectivity index (χ2n) is 9.36. The molecular formula is C25H26O15. The van der Waals surface area contributed by atoms with Gasteiger partial charge in [0.15, 0.2) is 29.7 Å². The zero-order valence-electron chi connectivity index (χ0n) is 20.4. The number of rotatable bonds is 5. The van der Waals surface area contributed by atoms with Crippen molar-refractivity contribution in [2.75, 3.05) is 13.2 Å². The summed E-state index contributed by atoms with van der Waals surface area (Å²) in [6.45, 7) is -0.927. The molecule has 3 heterocycles. The van der Waals surface area contributed by atoms with Gasteiger partial charge in [-0.15, -0.1) is 0 Å². The molecule has 216 valence electrons. The highest BCUT2D eigenvalue weighted by atomic mass is 16.7. The maximum absolute atomic E-state index is 13.6. The third-order valence-corrected chi connectivity index (χ3v) is 6.57. The van der Waals surface area contributed by atoms with Crippen LogP contribution in [-0.2, 0) is 14.2 Å². The molecule has 1 aromatic heterocycles. The maximum atomic E-state index is 13.6. The van der Waals surface area contributed by atoms with Crippen molar-refractivity contribution in [1.82, 2.24) is 0 Å². The van der Waals surface area contributed by atoms with E-state index in [0.717, 1.165) is 24.3 Å². The molecule has 15 heteroatoms. The van der Waals surface area contributed by atoms with Gasteiger partial charge < -0.3 is 69.3 Å². The molecule has 5 rings (SSSR count). The highest BCUT2D eigenvalue weighted by Gasteiger charge is 2.47. The number of ether oxygens (including phenoxy) is 4. The van der Waals surface area contributed by atoms with Gasteiger partial charge in [0.05, 0.1) is 13.2 Å². The fraction of sp³-hybridized carbons (Fsp3) is 0.400. The zero-order valence-corrected chi connectivity index (χ0v) is 20.4. The van der Waals surface area contributed by atoms with Gasteiger partial charge in [0.25, 0.3) is 0 Å². The first-order chi connectivity index (χ1) is 19.0. The summed E-state index contributed by atoms with van der Waals surface area (Å²) in [7, 11) is 0. The lowest BCUT2D eigenvalue weighted by Crippen LogP contribution is -2.61. The van der Waals surface area contributed by atoms with Crippen LogP contribution in [0, 0.1) is 0 Å². The summed E-state index contributed by atoms with van der Waals surface area (Å²) in [6.07, 6.45) is -13.1. The van der Waals surface area contributed by atoms with E-state index in [4.69, 9.17) is 23.4 Å². The molecule has 0 spiro atoms. The monoisotopic (exact) mass is 566 g/mol. The first kappa shape index (κ1) is 27.9. The minimum absolute atomic E-state index is 0.00383. The Balaban J connectivity index is 1.58. The molecule has 9 N–H and O–H groups in total. The molecule has 40 heavy (non-hydrogen) atoms. The van der Waals surface area contributed by atoms with Crippen molar-refractivity contribution in [2.24, 2.45) is 0 Å². The number of hydrogen-bond acceptors (Lipinski definition) is 15. The van der Waals surface area contributed by atoms with E-state index in [9.17, 15) is 50.8 Å². The number of aromatic hydroxyl groups is 4. The number of fused-ring (bicyclic) bond motifs is 1. The summed E-state index contributed by atoms with van der Waals surface area (Å²) in [6, 6.07) is 5.35. The molecule has 0 bridgehead atoms. The Bertz CT molecular complexity index is 1450. The van der Waals surface area contributed by atoms with Gasteiger partial charge in [0.2, 0.25) is 17.5 Å². The van der Waals surface area contributed by atoms with Crippen LogP contribution in [0.2, 0.25) is 0 Å². The quantitative estimate of drug-likeness (QED) is 0.160. The van der Waals surface area contributed by atoms with Crippen LogP contribution in [0.4, 0.5) is 0 Å². The number of aliphatic hydroxyl groups is 5. The SMILES string of the molecule is O=c1c(OC2OCC(O)C(O)C2OC2OCC(O)C(O)C2O)c(-c2ccc(O)c(O)c2)oc2cc(O)cc(O)c12. The lowest BCUT2D eigenvalue weighted by molar-refractivity contribution is -0.332. The first-order valence-electron chi connectivity index (χ1n) is 12.0. The van der Waals surface area contributed by atoms with E-state index in [1.807, 2.05) is 0 Å². The second-order valence-corrected chi connectivity index (χ2v) is 9.36. The van der Waals surface area contributed by atoms with Gasteiger partial charge in [0.1, 0.15) is 53.0 Å². The van der Waals surface area contributed by atoms with E-state index in [1.54, 1.807) is 0 Å². The highest BCUT2D eigenvalue weighted by molar-refractivity contribution is 5.88. The predicted molar refractivity (Wildman–Crippen MR) is 130 cm³/mol. The third kappa shape index (κ3) is 5.00. The zero-order chi connectivity index (χ0) is 28.9. The van der Waals surface area contributed by atoms with Crippen molar-refractivity contribution in [3.8, 4) is 40.1 Å². The number of phenolic OH excluding ortho intramolecular Hbond substituents is 4. The van der Waals surface area contributed by atoms with Crippen molar-refractivity contribution in [1.29, 1.82) is 0 Å². The van der Waals surface area contributed by atoms with Gasteiger partial charge in [-0.1, -0.05) is 0 Å². The van der Waals surface area contributed by atoms with Gasteiger partial charge in [-0.2, -0.15) is 0 Å². The molecule has 3 aromatic rings. The molecular weight excluding hydrogens is 540 g/mol. The minimum Gasteiger partial charge on any atom is -0.508 e. The van der Waals surface area contributed by atoms with Crippen molar-refractivity contribution in [3.63, 3.8) is 0 Å². The summed E-state index contributed by atoms with van der Waals surface area (Å²) in [5.41, 5.74) is -1.24. The number of benzene rings is 2. The summed E-state index contributed by atoms with van der Waals surface area (Å²) in [5.74, 6) is -3.13. The Kier molecular flexibility index (Phi) is 7.47. The van der Waals surface area contributed by atoms with E-state index in [1.165, 1.54) is 6.07 Å². The molecule has 0 amide bonds. The Morgan fingerprint density at radius 2 is 1.43 bits per heavy atom. The molecule has 2 aromatic carbocycles. The normalized spacial score (nSPS) is 30.8. The van der Waals surface area contributed by atoms with Crippen molar-refractivity contribution < 1.29 is 69.3 Å². The van der Waals surface area contributed by atoms with Crippen molar-refractivity contribution in [2.45, 2.75) is 49.2 Å².